The van der Waals surface area contributed by atoms with E-state index >= 15 is 0 Å². The minimum Gasteiger partial charge on any atom is -0.354 e. The monoisotopic (exact) mass is 381 g/mol. The van der Waals surface area contributed by atoms with Crippen molar-refractivity contribution in [3.05, 3.63) is 65.5 Å². The van der Waals surface area contributed by atoms with Crippen LogP contribution in [0.2, 0.25) is 0 Å². The van der Waals surface area contributed by atoms with Gasteiger partial charge in [-0.3, -0.25) is 14.6 Å². The van der Waals surface area contributed by atoms with Crippen molar-refractivity contribution in [3.63, 3.8) is 0 Å². The molecule has 2 saturated heterocycles. The Bertz CT molecular complexity index is 840. The Morgan fingerprint density at radius 3 is 2.85 bits per heavy atom. The summed E-state index contributed by atoms with van der Waals surface area (Å²) in [6, 6.07) is 13.7. The number of hydrogen-bond acceptors (Lipinski definition) is 4. The van der Waals surface area contributed by atoms with Crippen LogP contribution in [-0.2, 0) is 20.9 Å². The lowest BCUT2D eigenvalue weighted by Gasteiger charge is -2.34. The highest BCUT2D eigenvalue weighted by Crippen LogP contribution is 2.54. The number of fused-ring (bicyclic) bond motifs is 1. The van der Waals surface area contributed by atoms with Gasteiger partial charge in [0.15, 0.2) is 0 Å². The van der Waals surface area contributed by atoms with Crippen LogP contribution in [0.4, 0.5) is 0 Å². The number of pyridine rings is 1. The fourth-order valence-electron chi connectivity index (χ4n) is 3.93. The predicted molar refractivity (Wildman–Crippen MR) is 106 cm³/mol. The third-order valence-electron chi connectivity index (χ3n) is 5.34. The number of benzene rings is 1. The number of aromatic nitrogens is 1. The van der Waals surface area contributed by atoms with E-state index in [0.717, 1.165) is 17.7 Å². The van der Waals surface area contributed by atoms with Crippen molar-refractivity contribution in [2.24, 2.45) is 0 Å². The Kier molecular flexibility index (Phi) is 4.91. The Hall–Kier alpha value is -2.34. The fraction of sp³-hybridized carbons (Fsp3) is 0.381. The molecule has 0 saturated carbocycles. The van der Waals surface area contributed by atoms with Crippen LogP contribution >= 0.6 is 11.8 Å². The maximum absolute atomic E-state index is 12.8. The van der Waals surface area contributed by atoms with E-state index < -0.39 is 10.9 Å². The van der Waals surface area contributed by atoms with Gasteiger partial charge in [0.2, 0.25) is 11.8 Å². The summed E-state index contributed by atoms with van der Waals surface area (Å²) in [5.41, 5.74) is 3.26. The zero-order valence-corrected chi connectivity index (χ0v) is 16.2. The number of thioether (sulfide) groups is 1. The highest BCUT2D eigenvalue weighted by Gasteiger charge is 2.56. The van der Waals surface area contributed by atoms with Gasteiger partial charge in [-0.1, -0.05) is 35.9 Å². The molecule has 0 unspecified atom stereocenters. The molecule has 0 bridgehead atoms. The van der Waals surface area contributed by atoms with Gasteiger partial charge in [0.1, 0.15) is 10.9 Å². The largest absolute Gasteiger partial charge is 0.354 e. The van der Waals surface area contributed by atoms with Crippen molar-refractivity contribution in [2.45, 2.75) is 37.1 Å². The molecule has 1 N–H and O–H groups in total. The second-order valence-corrected chi connectivity index (χ2v) is 8.40. The molecule has 2 aliphatic rings. The SMILES string of the molecule is Cc1ccc([C@]23CCC(=O)N2[C@H](C(=O)NCCc2ccccn2)CS3)cc1. The highest BCUT2D eigenvalue weighted by molar-refractivity contribution is 8.00. The molecule has 27 heavy (non-hydrogen) atoms. The van der Waals surface area contributed by atoms with Crippen LogP contribution in [0.5, 0.6) is 0 Å². The molecule has 2 fully saturated rings. The minimum absolute atomic E-state index is 0.0670. The lowest BCUT2D eigenvalue weighted by Crippen LogP contribution is -2.50. The molecule has 2 aliphatic heterocycles. The average Bonchev–Trinajstić information content (AvgIpc) is 3.22. The molecule has 2 atom stereocenters. The lowest BCUT2D eigenvalue weighted by molar-refractivity contribution is -0.138. The summed E-state index contributed by atoms with van der Waals surface area (Å²) in [5, 5.41) is 3.00. The maximum atomic E-state index is 12.8. The number of carbonyl (C=O) groups is 2. The third kappa shape index (κ3) is 3.34. The topological polar surface area (TPSA) is 62.3 Å². The predicted octanol–water partition coefficient (Wildman–Crippen LogP) is 2.64. The molecular weight excluding hydrogens is 358 g/mol. The van der Waals surface area contributed by atoms with Crippen LogP contribution in [0, 0.1) is 6.92 Å². The van der Waals surface area contributed by atoms with E-state index in [-0.39, 0.29) is 11.8 Å². The number of rotatable bonds is 5. The molecule has 0 spiro atoms. The van der Waals surface area contributed by atoms with Crippen molar-refractivity contribution in [3.8, 4) is 0 Å². The van der Waals surface area contributed by atoms with Gasteiger partial charge in [0.05, 0.1) is 0 Å². The van der Waals surface area contributed by atoms with Gasteiger partial charge in [0.25, 0.3) is 0 Å². The van der Waals surface area contributed by atoms with Gasteiger partial charge in [-0.15, -0.1) is 11.8 Å². The van der Waals surface area contributed by atoms with Gasteiger partial charge >= 0.3 is 0 Å². The number of aryl methyl sites for hydroxylation is 1. The first-order valence-electron chi connectivity index (χ1n) is 9.31. The number of amides is 2. The molecule has 6 heteroatoms. The van der Waals surface area contributed by atoms with Crippen molar-refractivity contribution < 1.29 is 9.59 Å². The smallest absolute Gasteiger partial charge is 0.243 e. The summed E-state index contributed by atoms with van der Waals surface area (Å²) in [6.07, 6.45) is 3.70. The van der Waals surface area contributed by atoms with Crippen molar-refractivity contribution >= 4 is 23.6 Å². The number of hydrogen-bond donors (Lipinski definition) is 1. The molecule has 4 rings (SSSR count). The summed E-state index contributed by atoms with van der Waals surface area (Å²) >= 11 is 1.72. The Morgan fingerprint density at radius 2 is 2.11 bits per heavy atom. The molecule has 3 heterocycles. The van der Waals surface area contributed by atoms with E-state index in [1.165, 1.54) is 5.56 Å². The summed E-state index contributed by atoms with van der Waals surface area (Å²) in [4.78, 5) is 31.2. The molecule has 0 aliphatic carbocycles. The Balaban J connectivity index is 1.47. The van der Waals surface area contributed by atoms with Gasteiger partial charge in [0, 0.05) is 37.0 Å². The van der Waals surface area contributed by atoms with E-state index in [4.69, 9.17) is 0 Å². The van der Waals surface area contributed by atoms with Gasteiger partial charge < -0.3 is 10.2 Å². The van der Waals surface area contributed by atoms with E-state index in [9.17, 15) is 9.59 Å². The second-order valence-electron chi connectivity index (χ2n) is 7.10. The van der Waals surface area contributed by atoms with E-state index in [0.29, 0.717) is 25.1 Å². The Labute approximate surface area is 163 Å². The first-order chi connectivity index (χ1) is 13.1. The molecule has 140 valence electrons. The van der Waals surface area contributed by atoms with Gasteiger partial charge in [-0.2, -0.15) is 0 Å². The first kappa shape index (κ1) is 18.0. The van der Waals surface area contributed by atoms with Crippen LogP contribution in [0.25, 0.3) is 0 Å². The number of nitrogens with zero attached hydrogens (tertiary/aromatic N) is 2. The maximum Gasteiger partial charge on any atom is 0.243 e. The molecular formula is C21H23N3O2S. The van der Waals surface area contributed by atoms with Gasteiger partial charge in [-0.05, 0) is 31.0 Å². The van der Waals surface area contributed by atoms with Crippen molar-refractivity contribution in [2.75, 3.05) is 12.3 Å². The molecule has 2 amide bonds. The molecule has 2 aromatic rings. The summed E-state index contributed by atoms with van der Waals surface area (Å²) in [5.74, 6) is 0.641. The van der Waals surface area contributed by atoms with Crippen LogP contribution in [0.1, 0.15) is 29.7 Å². The van der Waals surface area contributed by atoms with Crippen LogP contribution < -0.4 is 5.32 Å². The molecule has 1 aromatic carbocycles. The zero-order valence-electron chi connectivity index (χ0n) is 15.4. The summed E-state index contributed by atoms with van der Waals surface area (Å²) in [7, 11) is 0. The second kappa shape index (κ2) is 7.35. The zero-order chi connectivity index (χ0) is 18.9. The number of nitrogens with one attached hydrogen (secondary N) is 1. The van der Waals surface area contributed by atoms with E-state index in [1.54, 1.807) is 18.0 Å². The van der Waals surface area contributed by atoms with Crippen molar-refractivity contribution in [1.29, 1.82) is 0 Å². The first-order valence-corrected chi connectivity index (χ1v) is 10.3. The number of carbonyl (C=O) groups excluding carboxylic acids is 2. The van der Waals surface area contributed by atoms with Crippen molar-refractivity contribution in [1.82, 2.24) is 15.2 Å². The van der Waals surface area contributed by atoms with Crippen LogP contribution in [-0.4, -0.2) is 40.0 Å². The molecule has 0 radical (unpaired) electrons. The Morgan fingerprint density at radius 1 is 1.30 bits per heavy atom. The average molecular weight is 382 g/mol. The van der Waals surface area contributed by atoms with Gasteiger partial charge in [-0.25, -0.2) is 0 Å². The van der Waals surface area contributed by atoms with E-state index in [1.807, 2.05) is 23.1 Å². The lowest BCUT2D eigenvalue weighted by atomic mass is 10.0. The quantitative estimate of drug-likeness (QED) is 0.865. The van der Waals surface area contributed by atoms with E-state index in [2.05, 4.69) is 41.5 Å². The molecule has 1 aromatic heterocycles. The van der Waals surface area contributed by atoms with Crippen LogP contribution in [0.3, 0.4) is 0 Å². The third-order valence-corrected chi connectivity index (χ3v) is 6.94. The summed E-state index contributed by atoms with van der Waals surface area (Å²) < 4.78 is 0. The summed E-state index contributed by atoms with van der Waals surface area (Å²) in [6.45, 7) is 2.58. The minimum atomic E-state index is -0.407. The van der Waals surface area contributed by atoms with Crippen LogP contribution in [0.15, 0.2) is 48.7 Å². The standard InChI is InChI=1S/C21H23N3O2S/c1-15-5-7-16(8-6-15)21-11-9-19(25)24(21)18(14-27-21)20(26)23-13-10-17-4-2-3-12-22-17/h2-8,12,18H,9-11,13-14H2,1H3,(H,23,26)/t18-,21+/m0/s1. The normalized spacial score (nSPS) is 24.1. The highest BCUT2D eigenvalue weighted by atomic mass is 32.2. The molecule has 5 nitrogen and oxygen atoms in total. The fourth-order valence-corrected chi connectivity index (χ4v) is 5.58.